The van der Waals surface area contributed by atoms with Crippen molar-refractivity contribution in [2.45, 2.75) is 26.1 Å². The first-order chi connectivity index (χ1) is 6.40. The van der Waals surface area contributed by atoms with Gasteiger partial charge in [0.05, 0.1) is 12.2 Å². The Labute approximate surface area is 83.2 Å². The van der Waals surface area contributed by atoms with Crippen LogP contribution in [0.2, 0.25) is 0 Å². The molecule has 0 aliphatic carbocycles. The van der Waals surface area contributed by atoms with Crippen molar-refractivity contribution < 1.29 is 25.2 Å². The second-order valence-electron chi connectivity index (χ2n) is 2.91. The van der Waals surface area contributed by atoms with Crippen LogP contribution in [0, 0.1) is 0 Å². The Balaban J connectivity index is 0. The monoisotopic (exact) mass is 209 g/mol. The van der Waals surface area contributed by atoms with Crippen molar-refractivity contribution in [3.8, 4) is 0 Å². The number of nitrogens with one attached hydrogen (secondary N) is 1. The number of rotatable bonds is 5. The minimum Gasteiger partial charge on any atom is -0.480 e. The molecule has 0 heterocycles. The summed E-state index contributed by atoms with van der Waals surface area (Å²) in [7, 11) is 0. The van der Waals surface area contributed by atoms with Crippen LogP contribution in [0.15, 0.2) is 0 Å². The van der Waals surface area contributed by atoms with E-state index in [1.807, 2.05) is 0 Å². The first-order valence-electron chi connectivity index (χ1n) is 4.29. The van der Waals surface area contributed by atoms with Gasteiger partial charge in [0, 0.05) is 13.1 Å². The zero-order chi connectivity index (χ0) is 11.6. The topological polar surface area (TPSA) is 110 Å². The van der Waals surface area contributed by atoms with Crippen LogP contribution in [0.25, 0.3) is 0 Å². The van der Waals surface area contributed by atoms with Crippen molar-refractivity contribution >= 4 is 5.97 Å². The number of carbonyl (C=O) groups is 1. The van der Waals surface area contributed by atoms with E-state index in [0.717, 1.165) is 0 Å². The van der Waals surface area contributed by atoms with Gasteiger partial charge in [0.25, 0.3) is 0 Å². The van der Waals surface area contributed by atoms with Crippen LogP contribution in [0.4, 0.5) is 0 Å². The Morgan fingerprint density at radius 3 is 1.64 bits per heavy atom. The van der Waals surface area contributed by atoms with E-state index in [4.69, 9.17) is 25.2 Å². The van der Waals surface area contributed by atoms with E-state index in [2.05, 4.69) is 5.32 Å². The molecule has 0 spiro atoms. The maximum Gasteiger partial charge on any atom is 0.329 e. The van der Waals surface area contributed by atoms with Gasteiger partial charge in [-0.05, 0) is 13.8 Å². The summed E-state index contributed by atoms with van der Waals surface area (Å²) in [4.78, 5) is 9.12. The van der Waals surface area contributed by atoms with Crippen LogP contribution in [0.1, 0.15) is 13.8 Å². The van der Waals surface area contributed by atoms with Crippen molar-refractivity contribution in [3.05, 3.63) is 0 Å². The fourth-order valence-corrected chi connectivity index (χ4v) is 0.501. The van der Waals surface area contributed by atoms with E-state index < -0.39 is 12.6 Å². The second-order valence-corrected chi connectivity index (χ2v) is 2.91. The molecular weight excluding hydrogens is 190 g/mol. The van der Waals surface area contributed by atoms with E-state index in [9.17, 15) is 0 Å². The largest absolute Gasteiger partial charge is 0.480 e. The molecule has 0 aromatic rings. The molecule has 0 rings (SSSR count). The lowest BCUT2D eigenvalue weighted by atomic mass is 10.3. The minimum atomic E-state index is -1.19. The number of aliphatic hydroxyl groups excluding tert-OH is 3. The molecule has 0 bridgehead atoms. The van der Waals surface area contributed by atoms with Crippen LogP contribution in [-0.2, 0) is 4.79 Å². The first-order valence-corrected chi connectivity index (χ1v) is 4.29. The minimum absolute atomic E-state index is 0.330. The Kier molecular flexibility index (Phi) is 11.7. The number of carboxylic acid groups (broad SMARTS) is 1. The first kappa shape index (κ1) is 15.8. The molecule has 0 saturated carbocycles. The molecule has 0 aliphatic heterocycles. The number of aliphatic carboxylic acids is 1. The number of carboxylic acids is 1. The third-order valence-corrected chi connectivity index (χ3v) is 1.01. The van der Waals surface area contributed by atoms with Gasteiger partial charge in [-0.3, -0.25) is 0 Å². The Bertz CT molecular complexity index is 130. The predicted octanol–water partition coefficient (Wildman–Crippen LogP) is -1.60. The van der Waals surface area contributed by atoms with Gasteiger partial charge < -0.3 is 25.7 Å². The molecule has 0 aliphatic rings. The highest BCUT2D eigenvalue weighted by atomic mass is 16.4. The maximum atomic E-state index is 9.12. The molecule has 0 aromatic carbocycles. The molecule has 14 heavy (non-hydrogen) atoms. The lowest BCUT2D eigenvalue weighted by molar-refractivity contribution is -0.140. The molecular formula is C8H19NO5. The van der Waals surface area contributed by atoms with E-state index in [-0.39, 0.29) is 12.2 Å². The van der Waals surface area contributed by atoms with Crippen LogP contribution in [0.5, 0.6) is 0 Å². The molecule has 2 atom stereocenters. The summed E-state index contributed by atoms with van der Waals surface area (Å²) in [5.41, 5.74) is 0. The summed E-state index contributed by atoms with van der Waals surface area (Å²) in [6.07, 6.45) is -0.660. The average molecular weight is 209 g/mol. The smallest absolute Gasteiger partial charge is 0.329 e. The van der Waals surface area contributed by atoms with Gasteiger partial charge in [-0.15, -0.1) is 0 Å². The van der Waals surface area contributed by atoms with Crippen molar-refractivity contribution in [2.24, 2.45) is 0 Å². The van der Waals surface area contributed by atoms with Crippen molar-refractivity contribution in [1.82, 2.24) is 5.32 Å². The zero-order valence-electron chi connectivity index (χ0n) is 8.47. The fraction of sp³-hybridized carbons (Fsp3) is 0.875. The van der Waals surface area contributed by atoms with E-state index in [1.165, 1.54) is 0 Å². The van der Waals surface area contributed by atoms with Gasteiger partial charge in [0.15, 0.2) is 0 Å². The highest BCUT2D eigenvalue weighted by molar-refractivity contribution is 5.67. The maximum absolute atomic E-state index is 9.12. The normalized spacial score (nSPS) is 13.8. The summed E-state index contributed by atoms with van der Waals surface area (Å²) >= 11 is 0. The molecule has 5 N–H and O–H groups in total. The summed E-state index contributed by atoms with van der Waals surface area (Å²) in [6.45, 7) is 3.72. The SMILES string of the molecule is CC(O)CNCC(C)O.O=C(O)CO. The second kappa shape index (κ2) is 10.4. The molecule has 0 radical (unpaired) electrons. The lowest BCUT2D eigenvalue weighted by Crippen LogP contribution is -2.30. The van der Waals surface area contributed by atoms with Gasteiger partial charge in [0.1, 0.15) is 6.61 Å². The molecule has 6 nitrogen and oxygen atoms in total. The van der Waals surface area contributed by atoms with Gasteiger partial charge in [-0.2, -0.15) is 0 Å². The summed E-state index contributed by atoms with van der Waals surface area (Å²) in [5.74, 6) is -1.19. The van der Waals surface area contributed by atoms with Crippen LogP contribution in [-0.4, -0.2) is 58.3 Å². The third-order valence-electron chi connectivity index (χ3n) is 1.01. The molecule has 86 valence electrons. The molecule has 0 amide bonds. The predicted molar refractivity (Wildman–Crippen MR) is 51.0 cm³/mol. The number of aliphatic hydroxyl groups is 3. The van der Waals surface area contributed by atoms with Gasteiger partial charge in [0.2, 0.25) is 0 Å². The summed E-state index contributed by atoms with van der Waals surface area (Å²) in [5, 5.41) is 35.3. The quantitative estimate of drug-likeness (QED) is 0.373. The Hall–Kier alpha value is -0.690. The molecule has 2 unspecified atom stereocenters. The van der Waals surface area contributed by atoms with Crippen molar-refractivity contribution in [1.29, 1.82) is 0 Å². The van der Waals surface area contributed by atoms with E-state index in [0.29, 0.717) is 13.1 Å². The van der Waals surface area contributed by atoms with Crippen LogP contribution < -0.4 is 5.32 Å². The lowest BCUT2D eigenvalue weighted by Gasteiger charge is -2.07. The standard InChI is InChI=1S/C6H15NO2.C2H4O3/c1-5(8)3-7-4-6(2)9;3-1-2(4)5/h5-9H,3-4H2,1-2H3;3H,1H2,(H,4,5). The zero-order valence-corrected chi connectivity index (χ0v) is 8.47. The van der Waals surface area contributed by atoms with E-state index in [1.54, 1.807) is 13.8 Å². The Morgan fingerprint density at radius 1 is 1.21 bits per heavy atom. The molecule has 0 fully saturated rings. The fourth-order valence-electron chi connectivity index (χ4n) is 0.501. The average Bonchev–Trinajstić information content (AvgIpc) is 2.04. The molecule has 0 aromatic heterocycles. The summed E-state index contributed by atoms with van der Waals surface area (Å²) in [6, 6.07) is 0. The highest BCUT2D eigenvalue weighted by Gasteiger charge is 1.96. The summed E-state index contributed by atoms with van der Waals surface area (Å²) < 4.78 is 0. The third kappa shape index (κ3) is 22.5. The molecule has 6 heteroatoms. The van der Waals surface area contributed by atoms with Gasteiger partial charge in [-0.25, -0.2) is 4.79 Å². The van der Waals surface area contributed by atoms with E-state index >= 15 is 0 Å². The Morgan fingerprint density at radius 2 is 1.50 bits per heavy atom. The van der Waals surface area contributed by atoms with Crippen LogP contribution in [0.3, 0.4) is 0 Å². The van der Waals surface area contributed by atoms with Gasteiger partial charge >= 0.3 is 5.97 Å². The number of hydrogen-bond acceptors (Lipinski definition) is 5. The number of hydrogen-bond donors (Lipinski definition) is 5. The highest BCUT2D eigenvalue weighted by Crippen LogP contribution is 1.77. The van der Waals surface area contributed by atoms with Crippen molar-refractivity contribution in [3.63, 3.8) is 0 Å². The van der Waals surface area contributed by atoms with Crippen molar-refractivity contribution in [2.75, 3.05) is 19.7 Å². The van der Waals surface area contributed by atoms with Gasteiger partial charge in [-0.1, -0.05) is 0 Å². The molecule has 0 saturated heterocycles. The van der Waals surface area contributed by atoms with Crippen LogP contribution >= 0.6 is 0 Å².